The fourth-order valence-electron chi connectivity index (χ4n) is 2.82. The van der Waals surface area contributed by atoms with Gasteiger partial charge in [0.1, 0.15) is 11.2 Å². The van der Waals surface area contributed by atoms with Gasteiger partial charge in [0.05, 0.1) is 5.69 Å². The summed E-state index contributed by atoms with van der Waals surface area (Å²) in [6.07, 6.45) is 1.90. The van der Waals surface area contributed by atoms with Crippen LogP contribution >= 0.6 is 0 Å². The van der Waals surface area contributed by atoms with E-state index in [1.54, 1.807) is 0 Å². The number of aromatic nitrogens is 1. The van der Waals surface area contributed by atoms with Crippen molar-refractivity contribution in [3.05, 3.63) is 65.9 Å². The lowest BCUT2D eigenvalue weighted by molar-refractivity contribution is 0.669. The molecule has 0 amide bonds. The van der Waals surface area contributed by atoms with Crippen LogP contribution in [0.2, 0.25) is 0 Å². The van der Waals surface area contributed by atoms with E-state index in [1.165, 1.54) is 5.56 Å². The summed E-state index contributed by atoms with van der Waals surface area (Å²) < 4.78 is 6.11. The predicted molar refractivity (Wildman–Crippen MR) is 86.4 cm³/mol. The summed E-state index contributed by atoms with van der Waals surface area (Å²) in [5.41, 5.74) is 6.23. The molecule has 0 saturated carbocycles. The second-order valence-electron chi connectivity index (χ2n) is 5.45. The SMILES string of the molecule is Cc1ccc(-c2c(C)ccc3c2oc2ccccc23)nc1. The molecule has 21 heavy (non-hydrogen) atoms. The standard InChI is InChI=1S/C19H15NO/c1-12-7-10-16(20-11-12)18-13(2)8-9-15-14-5-3-4-6-17(14)21-19(15)18/h3-11H,1-2H3. The minimum atomic E-state index is 0.923. The van der Waals surface area contributed by atoms with Crippen LogP contribution in [0.3, 0.4) is 0 Å². The van der Waals surface area contributed by atoms with Gasteiger partial charge in [0.15, 0.2) is 0 Å². The van der Waals surface area contributed by atoms with E-state index in [9.17, 15) is 0 Å². The molecule has 4 aromatic rings. The highest BCUT2D eigenvalue weighted by atomic mass is 16.3. The number of pyridine rings is 1. The Bertz CT molecular complexity index is 949. The Balaban J connectivity index is 2.12. The van der Waals surface area contributed by atoms with Crippen molar-refractivity contribution in [2.24, 2.45) is 0 Å². The molecule has 2 heteroatoms. The van der Waals surface area contributed by atoms with Crippen molar-refractivity contribution in [2.45, 2.75) is 13.8 Å². The molecule has 0 saturated heterocycles. The third kappa shape index (κ3) is 1.83. The Morgan fingerprint density at radius 1 is 0.857 bits per heavy atom. The highest BCUT2D eigenvalue weighted by Crippen LogP contribution is 2.36. The van der Waals surface area contributed by atoms with E-state index in [0.717, 1.165) is 38.8 Å². The number of furan rings is 1. The van der Waals surface area contributed by atoms with E-state index >= 15 is 0 Å². The molecule has 0 fully saturated rings. The molecule has 0 unspecified atom stereocenters. The average molecular weight is 273 g/mol. The van der Waals surface area contributed by atoms with Crippen LogP contribution in [0.5, 0.6) is 0 Å². The molecule has 0 N–H and O–H groups in total. The van der Waals surface area contributed by atoms with Crippen LogP contribution in [0.15, 0.2) is 59.1 Å². The molecular formula is C19H15NO. The van der Waals surface area contributed by atoms with Gasteiger partial charge in [0.2, 0.25) is 0 Å². The van der Waals surface area contributed by atoms with Crippen molar-refractivity contribution in [3.63, 3.8) is 0 Å². The lowest BCUT2D eigenvalue weighted by Crippen LogP contribution is -1.88. The van der Waals surface area contributed by atoms with E-state index in [0.29, 0.717) is 0 Å². The Labute approximate surface area is 123 Å². The molecule has 0 bridgehead atoms. The quantitative estimate of drug-likeness (QED) is 0.472. The molecule has 102 valence electrons. The first-order valence-corrected chi connectivity index (χ1v) is 7.08. The van der Waals surface area contributed by atoms with E-state index in [4.69, 9.17) is 4.42 Å². The van der Waals surface area contributed by atoms with Crippen molar-refractivity contribution in [2.75, 3.05) is 0 Å². The minimum absolute atomic E-state index is 0.923. The molecule has 2 heterocycles. The maximum Gasteiger partial charge on any atom is 0.145 e. The summed E-state index contributed by atoms with van der Waals surface area (Å²) in [6.45, 7) is 4.15. The van der Waals surface area contributed by atoms with Gasteiger partial charge in [0.25, 0.3) is 0 Å². The summed E-state index contributed by atoms with van der Waals surface area (Å²) in [5, 5.41) is 2.30. The zero-order valence-corrected chi connectivity index (χ0v) is 12.1. The number of aryl methyl sites for hydroxylation is 2. The lowest BCUT2D eigenvalue weighted by Gasteiger charge is -2.06. The molecule has 0 atom stereocenters. The van der Waals surface area contributed by atoms with Crippen molar-refractivity contribution in [3.8, 4) is 11.3 Å². The Morgan fingerprint density at radius 3 is 2.52 bits per heavy atom. The largest absolute Gasteiger partial charge is 0.455 e. The first-order valence-electron chi connectivity index (χ1n) is 7.08. The topological polar surface area (TPSA) is 26.0 Å². The molecular weight excluding hydrogens is 258 g/mol. The second-order valence-corrected chi connectivity index (χ2v) is 5.45. The lowest BCUT2D eigenvalue weighted by atomic mass is 10.0. The summed E-state index contributed by atoms with van der Waals surface area (Å²) in [5.74, 6) is 0. The molecule has 0 radical (unpaired) electrons. The van der Waals surface area contributed by atoms with Gasteiger partial charge in [-0.05, 0) is 37.1 Å². The number of hydrogen-bond donors (Lipinski definition) is 0. The highest BCUT2D eigenvalue weighted by Gasteiger charge is 2.14. The van der Waals surface area contributed by atoms with Gasteiger partial charge in [-0.3, -0.25) is 4.98 Å². The fourth-order valence-corrected chi connectivity index (χ4v) is 2.82. The van der Waals surface area contributed by atoms with Crippen LogP contribution in [0.25, 0.3) is 33.2 Å². The zero-order valence-electron chi connectivity index (χ0n) is 12.1. The Hall–Kier alpha value is -2.61. The van der Waals surface area contributed by atoms with Crippen molar-refractivity contribution in [1.82, 2.24) is 4.98 Å². The molecule has 2 aromatic carbocycles. The number of para-hydroxylation sites is 1. The van der Waals surface area contributed by atoms with Crippen LogP contribution in [0.1, 0.15) is 11.1 Å². The Morgan fingerprint density at radius 2 is 1.71 bits per heavy atom. The summed E-state index contributed by atoms with van der Waals surface area (Å²) in [7, 11) is 0. The van der Waals surface area contributed by atoms with Crippen molar-refractivity contribution < 1.29 is 4.42 Å². The minimum Gasteiger partial charge on any atom is -0.455 e. The zero-order chi connectivity index (χ0) is 14.4. The van der Waals surface area contributed by atoms with Crippen molar-refractivity contribution in [1.29, 1.82) is 0 Å². The first kappa shape index (κ1) is 12.2. The number of fused-ring (bicyclic) bond motifs is 3. The van der Waals surface area contributed by atoms with E-state index in [2.05, 4.69) is 42.2 Å². The second kappa shape index (κ2) is 4.45. The van der Waals surface area contributed by atoms with Gasteiger partial charge in [-0.1, -0.05) is 36.4 Å². The van der Waals surface area contributed by atoms with Gasteiger partial charge in [-0.2, -0.15) is 0 Å². The van der Waals surface area contributed by atoms with Gasteiger partial charge in [-0.15, -0.1) is 0 Å². The van der Waals surface area contributed by atoms with Gasteiger partial charge < -0.3 is 4.42 Å². The highest BCUT2D eigenvalue weighted by molar-refractivity contribution is 6.09. The number of hydrogen-bond acceptors (Lipinski definition) is 2. The van der Waals surface area contributed by atoms with Gasteiger partial charge in [-0.25, -0.2) is 0 Å². The van der Waals surface area contributed by atoms with E-state index in [-0.39, 0.29) is 0 Å². The summed E-state index contributed by atoms with van der Waals surface area (Å²) >= 11 is 0. The molecule has 4 rings (SSSR count). The molecule has 0 spiro atoms. The van der Waals surface area contributed by atoms with Crippen molar-refractivity contribution >= 4 is 21.9 Å². The summed E-state index contributed by atoms with van der Waals surface area (Å²) in [4.78, 5) is 4.57. The number of benzene rings is 2. The maximum absolute atomic E-state index is 6.11. The van der Waals surface area contributed by atoms with Gasteiger partial charge in [0, 0.05) is 22.5 Å². The molecule has 0 aliphatic carbocycles. The Kier molecular flexibility index (Phi) is 2.58. The normalized spacial score (nSPS) is 11.3. The van der Waals surface area contributed by atoms with E-state index < -0.39 is 0 Å². The molecule has 2 aromatic heterocycles. The molecule has 0 aliphatic rings. The molecule has 2 nitrogen and oxygen atoms in total. The van der Waals surface area contributed by atoms with Crippen LogP contribution in [0.4, 0.5) is 0 Å². The third-order valence-corrected chi connectivity index (χ3v) is 3.92. The van der Waals surface area contributed by atoms with Crippen LogP contribution < -0.4 is 0 Å². The van der Waals surface area contributed by atoms with Gasteiger partial charge >= 0.3 is 0 Å². The smallest absolute Gasteiger partial charge is 0.145 e. The van der Waals surface area contributed by atoms with Crippen LogP contribution in [-0.4, -0.2) is 4.98 Å². The average Bonchev–Trinajstić information content (AvgIpc) is 2.87. The first-order chi connectivity index (χ1) is 10.2. The van der Waals surface area contributed by atoms with Crippen LogP contribution in [-0.2, 0) is 0 Å². The summed E-state index contributed by atoms with van der Waals surface area (Å²) in [6, 6.07) is 16.6. The van der Waals surface area contributed by atoms with E-state index in [1.807, 2.05) is 31.3 Å². The monoisotopic (exact) mass is 273 g/mol. The number of nitrogens with zero attached hydrogens (tertiary/aromatic N) is 1. The predicted octanol–water partition coefficient (Wildman–Crippen LogP) is 5.26. The number of rotatable bonds is 1. The molecule has 0 aliphatic heterocycles. The fraction of sp³-hybridized carbons (Fsp3) is 0.105. The third-order valence-electron chi connectivity index (χ3n) is 3.92. The maximum atomic E-state index is 6.11. The van der Waals surface area contributed by atoms with Crippen LogP contribution in [0, 0.1) is 13.8 Å².